The Hall–Kier alpha value is -1.91. The van der Waals surface area contributed by atoms with Crippen LogP contribution in [0.1, 0.15) is 35.8 Å². The lowest BCUT2D eigenvalue weighted by Crippen LogP contribution is -2.31. The van der Waals surface area contributed by atoms with Gasteiger partial charge in [-0.3, -0.25) is 14.4 Å². The van der Waals surface area contributed by atoms with Crippen LogP contribution >= 0.6 is 0 Å². The molecule has 0 aliphatic heterocycles. The summed E-state index contributed by atoms with van der Waals surface area (Å²) in [4.78, 5) is 35.0. The molecule has 0 fully saturated rings. The highest BCUT2D eigenvalue weighted by atomic mass is 16.5. The van der Waals surface area contributed by atoms with Crippen LogP contribution in [0.3, 0.4) is 0 Å². The molecule has 18 heavy (non-hydrogen) atoms. The molecule has 96 valence electrons. The van der Waals surface area contributed by atoms with Gasteiger partial charge in [-0.15, -0.1) is 0 Å². The molecule has 5 heteroatoms. The quantitative estimate of drug-likeness (QED) is 0.747. The second-order valence-electron chi connectivity index (χ2n) is 4.20. The Balaban J connectivity index is 2.40. The number of ketones is 1. The standard InChI is InChI=1S/C13H15NO4/c1-2-18-13(17)8-14-10-4-3-5-11(15)9(10)6-7-12(14)16/h6-7H,2-5,8H2,1H3. The number of hydrogen-bond acceptors (Lipinski definition) is 4. The number of nitrogens with zero attached hydrogens (tertiary/aromatic N) is 1. The Morgan fingerprint density at radius 3 is 2.83 bits per heavy atom. The maximum Gasteiger partial charge on any atom is 0.326 e. The molecular formula is C13H15NO4. The minimum Gasteiger partial charge on any atom is -0.465 e. The number of esters is 1. The van der Waals surface area contributed by atoms with Crippen molar-refractivity contribution < 1.29 is 14.3 Å². The van der Waals surface area contributed by atoms with Gasteiger partial charge in [-0.2, -0.15) is 0 Å². The molecule has 0 unspecified atom stereocenters. The third-order valence-corrected chi connectivity index (χ3v) is 3.01. The van der Waals surface area contributed by atoms with E-state index >= 15 is 0 Å². The van der Waals surface area contributed by atoms with E-state index < -0.39 is 5.97 Å². The summed E-state index contributed by atoms with van der Waals surface area (Å²) in [6, 6.07) is 2.89. The van der Waals surface area contributed by atoms with Gasteiger partial charge >= 0.3 is 5.97 Å². The lowest BCUT2D eigenvalue weighted by Gasteiger charge is -2.19. The monoisotopic (exact) mass is 249 g/mol. The number of aromatic nitrogens is 1. The van der Waals surface area contributed by atoms with E-state index in [1.54, 1.807) is 13.0 Å². The van der Waals surface area contributed by atoms with Gasteiger partial charge in [-0.25, -0.2) is 0 Å². The molecule has 0 saturated heterocycles. The summed E-state index contributed by atoms with van der Waals surface area (Å²) in [5, 5.41) is 0. The highest BCUT2D eigenvalue weighted by molar-refractivity contribution is 5.98. The number of Topliss-reactive ketones (excluding diaryl/α,β-unsaturated/α-hetero) is 1. The second-order valence-corrected chi connectivity index (χ2v) is 4.20. The van der Waals surface area contributed by atoms with Gasteiger partial charge in [0.05, 0.1) is 6.61 Å². The molecule has 5 nitrogen and oxygen atoms in total. The van der Waals surface area contributed by atoms with E-state index in [0.29, 0.717) is 24.1 Å². The van der Waals surface area contributed by atoms with Gasteiger partial charge in [0, 0.05) is 23.7 Å². The average Bonchev–Trinajstić information content (AvgIpc) is 2.33. The lowest BCUT2D eigenvalue weighted by molar-refractivity contribution is -0.143. The minimum absolute atomic E-state index is 0.0360. The topological polar surface area (TPSA) is 65.4 Å². The van der Waals surface area contributed by atoms with E-state index in [4.69, 9.17) is 4.74 Å². The number of fused-ring (bicyclic) bond motifs is 1. The molecule has 1 aromatic rings. The maximum absolute atomic E-state index is 11.8. The first kappa shape index (κ1) is 12.5. The maximum atomic E-state index is 11.8. The molecule has 0 aromatic carbocycles. The van der Waals surface area contributed by atoms with Crippen LogP contribution in [0.4, 0.5) is 0 Å². The SMILES string of the molecule is CCOC(=O)Cn1c2c(ccc1=O)C(=O)CCC2. The molecule has 1 aliphatic rings. The van der Waals surface area contributed by atoms with Gasteiger partial charge in [0.25, 0.3) is 5.56 Å². The summed E-state index contributed by atoms with van der Waals surface area (Å²) in [7, 11) is 0. The number of hydrogen-bond donors (Lipinski definition) is 0. The number of rotatable bonds is 3. The Morgan fingerprint density at radius 1 is 1.33 bits per heavy atom. The zero-order valence-corrected chi connectivity index (χ0v) is 10.3. The fourth-order valence-electron chi connectivity index (χ4n) is 2.20. The van der Waals surface area contributed by atoms with E-state index in [0.717, 1.165) is 6.42 Å². The zero-order valence-electron chi connectivity index (χ0n) is 10.3. The van der Waals surface area contributed by atoms with Gasteiger partial charge in [0.15, 0.2) is 5.78 Å². The summed E-state index contributed by atoms with van der Waals surface area (Å²) in [6.07, 6.45) is 1.87. The molecule has 0 radical (unpaired) electrons. The van der Waals surface area contributed by atoms with Crippen LogP contribution in [-0.4, -0.2) is 22.9 Å². The molecule has 2 rings (SSSR count). The van der Waals surface area contributed by atoms with Crippen molar-refractivity contribution in [1.29, 1.82) is 0 Å². The van der Waals surface area contributed by atoms with Crippen LogP contribution in [0.15, 0.2) is 16.9 Å². The number of ether oxygens (including phenoxy) is 1. The van der Waals surface area contributed by atoms with Gasteiger partial charge < -0.3 is 9.30 Å². The summed E-state index contributed by atoms with van der Waals surface area (Å²) >= 11 is 0. The van der Waals surface area contributed by atoms with Crippen molar-refractivity contribution in [1.82, 2.24) is 4.57 Å². The molecule has 0 saturated carbocycles. The van der Waals surface area contributed by atoms with E-state index in [1.165, 1.54) is 10.6 Å². The Morgan fingerprint density at radius 2 is 2.11 bits per heavy atom. The Labute approximate surface area is 104 Å². The molecule has 1 aliphatic carbocycles. The molecule has 0 spiro atoms. The Kier molecular flexibility index (Phi) is 3.60. The van der Waals surface area contributed by atoms with Crippen molar-refractivity contribution in [2.75, 3.05) is 6.61 Å². The Bertz CT molecular complexity index is 544. The van der Waals surface area contributed by atoms with E-state index in [2.05, 4.69) is 0 Å². The van der Waals surface area contributed by atoms with Gasteiger partial charge in [0.2, 0.25) is 0 Å². The second kappa shape index (κ2) is 5.16. The van der Waals surface area contributed by atoms with E-state index in [1.807, 2.05) is 0 Å². The molecular weight excluding hydrogens is 234 g/mol. The smallest absolute Gasteiger partial charge is 0.326 e. The van der Waals surface area contributed by atoms with Gasteiger partial charge in [-0.05, 0) is 25.8 Å². The highest BCUT2D eigenvalue weighted by Crippen LogP contribution is 2.19. The summed E-state index contributed by atoms with van der Waals surface area (Å²) in [5.74, 6) is -0.417. The first-order valence-electron chi connectivity index (χ1n) is 6.05. The van der Waals surface area contributed by atoms with Crippen LogP contribution in [0, 0.1) is 0 Å². The summed E-state index contributed by atoms with van der Waals surface area (Å²) in [5.41, 5.74) is 0.952. The first-order valence-corrected chi connectivity index (χ1v) is 6.05. The zero-order chi connectivity index (χ0) is 13.1. The molecule has 1 heterocycles. The van der Waals surface area contributed by atoms with Crippen LogP contribution < -0.4 is 5.56 Å². The van der Waals surface area contributed by atoms with Crippen molar-refractivity contribution in [2.24, 2.45) is 0 Å². The van der Waals surface area contributed by atoms with Crippen molar-refractivity contribution in [3.05, 3.63) is 33.7 Å². The minimum atomic E-state index is -0.453. The van der Waals surface area contributed by atoms with Crippen molar-refractivity contribution >= 4 is 11.8 Å². The van der Waals surface area contributed by atoms with Gasteiger partial charge in [0.1, 0.15) is 6.54 Å². The van der Waals surface area contributed by atoms with Crippen LogP contribution in [-0.2, 0) is 22.5 Å². The summed E-state index contributed by atoms with van der Waals surface area (Å²) < 4.78 is 6.19. The molecule has 0 amide bonds. The van der Waals surface area contributed by atoms with Crippen LogP contribution in [0.5, 0.6) is 0 Å². The fourth-order valence-corrected chi connectivity index (χ4v) is 2.20. The average molecular weight is 249 g/mol. The van der Waals surface area contributed by atoms with Crippen molar-refractivity contribution in [2.45, 2.75) is 32.7 Å². The highest BCUT2D eigenvalue weighted by Gasteiger charge is 2.21. The molecule has 1 aromatic heterocycles. The van der Waals surface area contributed by atoms with Crippen molar-refractivity contribution in [3.63, 3.8) is 0 Å². The molecule has 0 bridgehead atoms. The van der Waals surface area contributed by atoms with E-state index in [-0.39, 0.29) is 24.5 Å². The lowest BCUT2D eigenvalue weighted by atomic mass is 9.94. The summed E-state index contributed by atoms with van der Waals surface area (Å²) in [6.45, 7) is 1.87. The van der Waals surface area contributed by atoms with Crippen LogP contribution in [0.25, 0.3) is 0 Å². The number of carbonyl (C=O) groups excluding carboxylic acids is 2. The normalized spacial score (nSPS) is 14.2. The van der Waals surface area contributed by atoms with Gasteiger partial charge in [-0.1, -0.05) is 0 Å². The van der Waals surface area contributed by atoms with Crippen molar-refractivity contribution in [3.8, 4) is 0 Å². The predicted octanol–water partition coefficient (Wildman–Crippen LogP) is 0.930. The predicted molar refractivity (Wildman–Crippen MR) is 64.6 cm³/mol. The number of pyridine rings is 1. The molecule has 0 atom stereocenters. The number of carbonyl (C=O) groups is 2. The first-order chi connectivity index (χ1) is 8.63. The van der Waals surface area contributed by atoms with Crippen LogP contribution in [0.2, 0.25) is 0 Å². The third-order valence-electron chi connectivity index (χ3n) is 3.01. The fraction of sp³-hybridized carbons (Fsp3) is 0.462. The largest absolute Gasteiger partial charge is 0.465 e. The van der Waals surface area contributed by atoms with E-state index in [9.17, 15) is 14.4 Å². The third kappa shape index (κ3) is 2.34. The molecule has 0 N–H and O–H groups in total.